The van der Waals surface area contributed by atoms with E-state index in [1.165, 1.54) is 23.5 Å². The molecule has 10 heteroatoms. The molecule has 28 heavy (non-hydrogen) atoms. The van der Waals surface area contributed by atoms with Gasteiger partial charge >= 0.3 is 0 Å². The van der Waals surface area contributed by atoms with Crippen molar-refractivity contribution < 1.29 is 17.6 Å². The summed E-state index contributed by atoms with van der Waals surface area (Å²) in [7, 11) is -1.82. The van der Waals surface area contributed by atoms with Crippen molar-refractivity contribution >= 4 is 32.8 Å². The van der Waals surface area contributed by atoms with Crippen molar-refractivity contribution in [2.24, 2.45) is 0 Å². The number of nitrogens with zero attached hydrogens (tertiary/aromatic N) is 3. The number of thiophene rings is 1. The molecule has 1 aromatic carbocycles. The molecule has 0 saturated carbocycles. The van der Waals surface area contributed by atoms with Gasteiger partial charge in [-0.3, -0.25) is 4.90 Å². The van der Waals surface area contributed by atoms with Crippen molar-refractivity contribution in [2.45, 2.75) is 11.4 Å². The molecule has 3 rings (SSSR count). The minimum atomic E-state index is -3.43. The van der Waals surface area contributed by atoms with Crippen molar-refractivity contribution in [1.82, 2.24) is 15.1 Å². The number of sulfone groups is 1. The van der Waals surface area contributed by atoms with Crippen molar-refractivity contribution in [3.8, 4) is 10.8 Å². The lowest BCUT2D eigenvalue weighted by Gasteiger charge is -2.20. The van der Waals surface area contributed by atoms with Crippen LogP contribution in [-0.2, 0) is 21.1 Å². The molecule has 3 aromatic rings. The van der Waals surface area contributed by atoms with Gasteiger partial charge < -0.3 is 9.15 Å². The van der Waals surface area contributed by atoms with E-state index in [2.05, 4.69) is 10.2 Å². The third-order valence-corrected chi connectivity index (χ3v) is 6.84. The third-order valence-electron chi connectivity index (χ3n) is 4.02. The van der Waals surface area contributed by atoms with Gasteiger partial charge in [0, 0.05) is 25.2 Å². The van der Waals surface area contributed by atoms with Crippen LogP contribution >= 0.6 is 22.9 Å². The highest BCUT2D eigenvalue weighted by Gasteiger charge is 2.19. The maximum absolute atomic E-state index is 12.6. The van der Waals surface area contributed by atoms with E-state index in [-0.39, 0.29) is 10.6 Å². The number of halogens is 1. The van der Waals surface area contributed by atoms with E-state index in [9.17, 15) is 8.42 Å². The van der Waals surface area contributed by atoms with Gasteiger partial charge in [0.05, 0.1) is 28.7 Å². The van der Waals surface area contributed by atoms with Gasteiger partial charge in [-0.1, -0.05) is 17.7 Å². The Kier molecular flexibility index (Phi) is 7.19. The molecule has 0 aliphatic carbocycles. The maximum atomic E-state index is 12.6. The number of hydrogen-bond donors (Lipinski definition) is 0. The Balaban J connectivity index is 1.66. The maximum Gasteiger partial charge on any atom is 0.257 e. The van der Waals surface area contributed by atoms with Crippen LogP contribution in [0, 0.1) is 0 Å². The van der Waals surface area contributed by atoms with Crippen molar-refractivity contribution in [3.05, 3.63) is 52.7 Å². The fourth-order valence-corrected chi connectivity index (χ4v) is 4.56. The van der Waals surface area contributed by atoms with Crippen LogP contribution in [-0.4, -0.2) is 56.1 Å². The second-order valence-corrected chi connectivity index (χ2v) is 9.51. The zero-order chi connectivity index (χ0) is 20.0. The van der Waals surface area contributed by atoms with Crippen LogP contribution < -0.4 is 0 Å². The topological polar surface area (TPSA) is 85.5 Å². The lowest BCUT2D eigenvalue weighted by Crippen LogP contribution is -2.32. The third kappa shape index (κ3) is 5.62. The average molecular weight is 442 g/mol. The summed E-state index contributed by atoms with van der Waals surface area (Å²) in [6.45, 7) is 1.67. The second kappa shape index (κ2) is 9.62. The van der Waals surface area contributed by atoms with E-state index >= 15 is 0 Å². The first-order valence-electron chi connectivity index (χ1n) is 8.54. The number of rotatable bonds is 10. The molecule has 0 aliphatic rings. The van der Waals surface area contributed by atoms with E-state index in [0.29, 0.717) is 43.0 Å². The first-order chi connectivity index (χ1) is 13.5. The quantitative estimate of drug-likeness (QED) is 0.476. The molecular weight excluding hydrogens is 422 g/mol. The molecule has 0 aliphatic heterocycles. The van der Waals surface area contributed by atoms with Crippen LogP contribution in [0.15, 0.2) is 51.1 Å². The van der Waals surface area contributed by atoms with E-state index in [1.54, 1.807) is 19.2 Å². The minimum absolute atomic E-state index is 0.0374. The summed E-state index contributed by atoms with van der Waals surface area (Å²) < 4.78 is 36.0. The monoisotopic (exact) mass is 441 g/mol. The molecule has 2 heterocycles. The highest BCUT2D eigenvalue weighted by atomic mass is 35.5. The minimum Gasteiger partial charge on any atom is -0.419 e. The SMILES string of the molecule is COCCN(CCS(=O)(=O)c1ccc(Cl)cc1)Cc1nnc(-c2cccs2)o1. The van der Waals surface area contributed by atoms with Crippen LogP contribution in [0.3, 0.4) is 0 Å². The highest BCUT2D eigenvalue weighted by molar-refractivity contribution is 7.91. The number of hydrogen-bond acceptors (Lipinski definition) is 8. The standard InChI is InChI=1S/C18H20ClN3O4S2/c1-25-10-8-22(9-12-28(23,24)15-6-4-14(19)5-7-15)13-17-20-21-18(26-17)16-3-2-11-27-16/h2-7,11H,8-10,12-13H2,1H3. The summed E-state index contributed by atoms with van der Waals surface area (Å²) in [5.41, 5.74) is 0. The van der Waals surface area contributed by atoms with Gasteiger partial charge in [0.1, 0.15) is 0 Å². The zero-order valence-electron chi connectivity index (χ0n) is 15.2. The van der Waals surface area contributed by atoms with Crippen LogP contribution in [0.2, 0.25) is 5.02 Å². The molecule has 0 atom stereocenters. The number of methoxy groups -OCH3 is 1. The van der Waals surface area contributed by atoms with E-state index < -0.39 is 9.84 Å². The van der Waals surface area contributed by atoms with Crippen LogP contribution in [0.5, 0.6) is 0 Å². The van der Waals surface area contributed by atoms with E-state index in [0.717, 1.165) is 4.88 Å². The van der Waals surface area contributed by atoms with Gasteiger partial charge in [0.15, 0.2) is 9.84 Å². The van der Waals surface area contributed by atoms with Gasteiger partial charge in [-0.2, -0.15) is 0 Å². The predicted molar refractivity (Wildman–Crippen MR) is 108 cm³/mol. The molecule has 0 unspecified atom stereocenters. The fourth-order valence-electron chi connectivity index (χ4n) is 2.51. The average Bonchev–Trinajstić information content (AvgIpc) is 3.36. The molecule has 0 radical (unpaired) electrons. The van der Waals surface area contributed by atoms with Crippen molar-refractivity contribution in [1.29, 1.82) is 0 Å². The largest absolute Gasteiger partial charge is 0.419 e. The molecule has 0 spiro atoms. The lowest BCUT2D eigenvalue weighted by molar-refractivity contribution is 0.142. The zero-order valence-corrected chi connectivity index (χ0v) is 17.6. The lowest BCUT2D eigenvalue weighted by atomic mass is 10.4. The summed E-state index contributed by atoms with van der Waals surface area (Å²) in [4.78, 5) is 3.07. The van der Waals surface area contributed by atoms with Crippen LogP contribution in [0.25, 0.3) is 10.8 Å². The molecule has 2 aromatic heterocycles. The van der Waals surface area contributed by atoms with Gasteiger partial charge in [-0.25, -0.2) is 8.42 Å². The number of benzene rings is 1. The Morgan fingerprint density at radius 2 is 1.96 bits per heavy atom. The van der Waals surface area contributed by atoms with Gasteiger partial charge in [-0.05, 0) is 35.7 Å². The van der Waals surface area contributed by atoms with Gasteiger partial charge in [-0.15, -0.1) is 21.5 Å². The Hall–Kier alpha value is -1.78. The summed E-state index contributed by atoms with van der Waals surface area (Å²) in [6.07, 6.45) is 0. The first-order valence-corrected chi connectivity index (χ1v) is 11.4. The highest BCUT2D eigenvalue weighted by Crippen LogP contribution is 2.23. The van der Waals surface area contributed by atoms with Crippen LogP contribution in [0.4, 0.5) is 0 Å². The first kappa shape index (κ1) is 20.9. The summed E-state index contributed by atoms with van der Waals surface area (Å²) in [5, 5.41) is 10.6. The summed E-state index contributed by atoms with van der Waals surface area (Å²) in [5.74, 6) is 0.860. The Bertz CT molecular complexity index is 973. The molecule has 0 fully saturated rings. The fraction of sp³-hybridized carbons (Fsp3) is 0.333. The normalized spacial score (nSPS) is 12.0. The molecule has 0 amide bonds. The molecule has 7 nitrogen and oxygen atoms in total. The Morgan fingerprint density at radius 1 is 1.18 bits per heavy atom. The van der Waals surface area contributed by atoms with Crippen molar-refractivity contribution in [2.75, 3.05) is 32.6 Å². The van der Waals surface area contributed by atoms with Crippen LogP contribution in [0.1, 0.15) is 5.89 Å². The molecule has 0 saturated heterocycles. The molecule has 150 valence electrons. The van der Waals surface area contributed by atoms with Crippen molar-refractivity contribution in [3.63, 3.8) is 0 Å². The van der Waals surface area contributed by atoms with E-state index in [4.69, 9.17) is 20.8 Å². The smallest absolute Gasteiger partial charge is 0.257 e. The molecule has 0 bridgehead atoms. The van der Waals surface area contributed by atoms with E-state index in [1.807, 2.05) is 22.4 Å². The number of aromatic nitrogens is 2. The van der Waals surface area contributed by atoms with Gasteiger partial charge in [0.25, 0.3) is 5.89 Å². The molecule has 0 N–H and O–H groups in total. The Morgan fingerprint density at radius 3 is 2.64 bits per heavy atom. The number of ether oxygens (including phenoxy) is 1. The van der Waals surface area contributed by atoms with Gasteiger partial charge in [0.2, 0.25) is 5.89 Å². The summed E-state index contributed by atoms with van der Waals surface area (Å²) >= 11 is 7.35. The summed E-state index contributed by atoms with van der Waals surface area (Å²) in [6, 6.07) is 9.99. The predicted octanol–water partition coefficient (Wildman–Crippen LogP) is 3.37. The Labute approximate surface area is 172 Å². The molecular formula is C18H20ClN3O4S2. The second-order valence-electron chi connectivity index (χ2n) is 6.02.